The average Bonchev–Trinajstić information content (AvgIpc) is 2.06. The molecule has 0 aliphatic carbocycles. The number of nitrogens with zero attached hydrogens (tertiary/aromatic N) is 3. The van der Waals surface area contributed by atoms with Crippen LogP contribution < -0.4 is 0 Å². The molecule has 2 heterocycles. The first-order chi connectivity index (χ1) is 6.55. The Kier molecular flexibility index (Phi) is 2.41. The van der Waals surface area contributed by atoms with Crippen LogP contribution in [0.15, 0.2) is 12.1 Å². The van der Waals surface area contributed by atoms with Crippen LogP contribution in [0.25, 0.3) is 0 Å². The molecule has 0 saturated carbocycles. The van der Waals surface area contributed by atoms with Crippen molar-refractivity contribution >= 4 is 11.6 Å². The van der Waals surface area contributed by atoms with Crippen LogP contribution in [0.4, 0.5) is 4.39 Å². The fraction of sp³-hybridized carbons (Fsp3) is 0.556. The van der Waals surface area contributed by atoms with Gasteiger partial charge >= 0.3 is 0 Å². The second-order valence-electron chi connectivity index (χ2n) is 3.91. The highest BCUT2D eigenvalue weighted by Gasteiger charge is 2.38. The van der Waals surface area contributed by atoms with Crippen molar-refractivity contribution in [3.63, 3.8) is 0 Å². The molecule has 0 aromatic carbocycles. The molecule has 0 bridgehead atoms. The lowest BCUT2D eigenvalue weighted by molar-refractivity contribution is -0.0233. The van der Waals surface area contributed by atoms with Gasteiger partial charge in [-0.25, -0.2) is 4.39 Å². The minimum Gasteiger partial charge on any atom is -0.291 e. The van der Waals surface area contributed by atoms with E-state index in [1.807, 2.05) is 11.0 Å². The van der Waals surface area contributed by atoms with Crippen LogP contribution in [0.2, 0.25) is 5.15 Å². The van der Waals surface area contributed by atoms with Crippen molar-refractivity contribution < 1.29 is 4.39 Å². The van der Waals surface area contributed by atoms with Gasteiger partial charge in [-0.1, -0.05) is 11.6 Å². The molecule has 0 N–H and O–H groups in total. The van der Waals surface area contributed by atoms with Gasteiger partial charge in [0.25, 0.3) is 0 Å². The summed E-state index contributed by atoms with van der Waals surface area (Å²) in [5, 5.41) is 8.01. The Morgan fingerprint density at radius 1 is 1.50 bits per heavy atom. The number of aromatic nitrogens is 2. The van der Waals surface area contributed by atoms with Crippen LogP contribution in [-0.2, 0) is 6.54 Å². The van der Waals surface area contributed by atoms with Crippen molar-refractivity contribution in [3.8, 4) is 0 Å². The number of rotatable bonds is 2. The highest BCUT2D eigenvalue weighted by atomic mass is 35.5. The van der Waals surface area contributed by atoms with Crippen molar-refractivity contribution in [2.75, 3.05) is 13.1 Å². The standard InChI is InChI=1S/C9H11ClFN3/c1-9(11)5-14(6-9)4-7-2-3-8(10)13-12-7/h2-3H,4-6H2,1H3. The molecule has 1 fully saturated rings. The molecule has 1 aliphatic heterocycles. The lowest BCUT2D eigenvalue weighted by Crippen LogP contribution is -2.56. The first-order valence-electron chi connectivity index (χ1n) is 4.45. The van der Waals surface area contributed by atoms with E-state index in [0.717, 1.165) is 5.69 Å². The van der Waals surface area contributed by atoms with E-state index in [1.165, 1.54) is 0 Å². The molecule has 1 saturated heterocycles. The van der Waals surface area contributed by atoms with Gasteiger partial charge in [0.05, 0.1) is 5.69 Å². The number of likely N-dealkylation sites (tertiary alicyclic amines) is 1. The molecular weight excluding hydrogens is 205 g/mol. The fourth-order valence-electron chi connectivity index (χ4n) is 1.66. The molecule has 1 aromatic rings. The first kappa shape index (κ1) is 9.80. The van der Waals surface area contributed by atoms with Crippen LogP contribution in [-0.4, -0.2) is 33.9 Å². The van der Waals surface area contributed by atoms with Crippen LogP contribution in [0.1, 0.15) is 12.6 Å². The summed E-state index contributed by atoms with van der Waals surface area (Å²) in [6.45, 7) is 3.19. The normalized spacial score (nSPS) is 20.5. The number of alkyl halides is 1. The van der Waals surface area contributed by atoms with Gasteiger partial charge in [0.1, 0.15) is 5.67 Å². The average molecular weight is 216 g/mol. The highest BCUT2D eigenvalue weighted by Crippen LogP contribution is 2.25. The van der Waals surface area contributed by atoms with Crippen LogP contribution in [0, 0.1) is 0 Å². The third-order valence-electron chi connectivity index (χ3n) is 2.18. The van der Waals surface area contributed by atoms with Gasteiger partial charge in [-0.3, -0.25) is 4.90 Å². The van der Waals surface area contributed by atoms with E-state index in [2.05, 4.69) is 10.2 Å². The third kappa shape index (κ3) is 2.19. The lowest BCUT2D eigenvalue weighted by atomic mass is 9.99. The van der Waals surface area contributed by atoms with E-state index in [4.69, 9.17) is 11.6 Å². The molecule has 0 radical (unpaired) electrons. The van der Waals surface area contributed by atoms with Crippen molar-refractivity contribution in [1.29, 1.82) is 0 Å². The van der Waals surface area contributed by atoms with Gasteiger partial charge in [0.15, 0.2) is 5.15 Å². The van der Waals surface area contributed by atoms with Gasteiger partial charge < -0.3 is 0 Å². The second kappa shape index (κ2) is 3.44. The van der Waals surface area contributed by atoms with Gasteiger partial charge in [-0.15, -0.1) is 5.10 Å². The number of halogens is 2. The molecule has 0 atom stereocenters. The lowest BCUT2D eigenvalue weighted by Gasteiger charge is -2.41. The largest absolute Gasteiger partial charge is 0.291 e. The Balaban J connectivity index is 1.90. The zero-order valence-electron chi connectivity index (χ0n) is 7.87. The van der Waals surface area contributed by atoms with Crippen molar-refractivity contribution in [2.24, 2.45) is 0 Å². The molecule has 1 aliphatic rings. The predicted molar refractivity (Wildman–Crippen MR) is 51.8 cm³/mol. The summed E-state index contributed by atoms with van der Waals surface area (Å²) in [6, 6.07) is 3.50. The minimum absolute atomic E-state index is 0.382. The molecule has 0 amide bonds. The molecule has 76 valence electrons. The van der Waals surface area contributed by atoms with E-state index in [0.29, 0.717) is 24.8 Å². The molecule has 1 aromatic heterocycles. The second-order valence-corrected chi connectivity index (χ2v) is 4.29. The van der Waals surface area contributed by atoms with Crippen LogP contribution in [0.3, 0.4) is 0 Å². The number of hydrogen-bond acceptors (Lipinski definition) is 3. The van der Waals surface area contributed by atoms with Gasteiger partial charge in [-0.05, 0) is 19.1 Å². The Morgan fingerprint density at radius 3 is 2.71 bits per heavy atom. The smallest absolute Gasteiger partial charge is 0.151 e. The summed E-state index contributed by atoms with van der Waals surface area (Å²) in [5.74, 6) is 0. The minimum atomic E-state index is -1.03. The summed E-state index contributed by atoms with van der Waals surface area (Å²) < 4.78 is 13.1. The molecule has 0 spiro atoms. The van der Waals surface area contributed by atoms with Gasteiger partial charge in [0.2, 0.25) is 0 Å². The Labute approximate surface area is 86.9 Å². The molecular formula is C9H11ClFN3. The first-order valence-corrected chi connectivity index (χ1v) is 4.82. The van der Waals surface area contributed by atoms with Crippen LogP contribution in [0.5, 0.6) is 0 Å². The topological polar surface area (TPSA) is 29.0 Å². The maximum Gasteiger partial charge on any atom is 0.151 e. The molecule has 5 heteroatoms. The number of hydrogen-bond donors (Lipinski definition) is 0. The quantitative estimate of drug-likeness (QED) is 0.752. The maximum atomic E-state index is 13.1. The van der Waals surface area contributed by atoms with Crippen molar-refractivity contribution in [3.05, 3.63) is 23.0 Å². The molecule has 0 unspecified atom stereocenters. The fourth-order valence-corrected chi connectivity index (χ4v) is 1.76. The molecule has 3 nitrogen and oxygen atoms in total. The van der Waals surface area contributed by atoms with E-state index < -0.39 is 5.67 Å². The van der Waals surface area contributed by atoms with E-state index in [9.17, 15) is 4.39 Å². The Hall–Kier alpha value is -0.740. The van der Waals surface area contributed by atoms with Crippen LogP contribution >= 0.6 is 11.6 Å². The highest BCUT2D eigenvalue weighted by molar-refractivity contribution is 6.29. The van der Waals surface area contributed by atoms with E-state index >= 15 is 0 Å². The summed E-state index contributed by atoms with van der Waals surface area (Å²) >= 11 is 5.59. The van der Waals surface area contributed by atoms with Gasteiger partial charge in [-0.2, -0.15) is 5.10 Å². The van der Waals surface area contributed by atoms with Crippen molar-refractivity contribution in [1.82, 2.24) is 15.1 Å². The summed E-state index contributed by atoms with van der Waals surface area (Å²) in [4.78, 5) is 1.98. The Bertz CT molecular complexity index is 317. The SMILES string of the molecule is CC1(F)CN(Cc2ccc(Cl)nn2)C1. The Morgan fingerprint density at radius 2 is 2.21 bits per heavy atom. The molecule has 14 heavy (non-hydrogen) atoms. The summed E-state index contributed by atoms with van der Waals surface area (Å²) in [5.41, 5.74) is -0.204. The van der Waals surface area contributed by atoms with E-state index in [-0.39, 0.29) is 0 Å². The van der Waals surface area contributed by atoms with Crippen molar-refractivity contribution in [2.45, 2.75) is 19.1 Å². The van der Waals surface area contributed by atoms with Gasteiger partial charge in [0, 0.05) is 19.6 Å². The molecule has 2 rings (SSSR count). The third-order valence-corrected chi connectivity index (χ3v) is 2.38. The van der Waals surface area contributed by atoms with E-state index in [1.54, 1.807) is 13.0 Å². The zero-order valence-corrected chi connectivity index (χ0v) is 8.63. The summed E-state index contributed by atoms with van der Waals surface area (Å²) in [6.07, 6.45) is 0. The summed E-state index contributed by atoms with van der Waals surface area (Å²) in [7, 11) is 0. The zero-order chi connectivity index (χ0) is 10.2. The predicted octanol–water partition coefficient (Wildman–Crippen LogP) is 1.67. The monoisotopic (exact) mass is 215 g/mol. The maximum absolute atomic E-state index is 13.1.